The van der Waals surface area contributed by atoms with E-state index in [-0.39, 0.29) is 17.4 Å². The predicted octanol–water partition coefficient (Wildman–Crippen LogP) is 1.19. The van der Waals surface area contributed by atoms with E-state index in [1.165, 1.54) is 6.07 Å². The van der Waals surface area contributed by atoms with Crippen LogP contribution in [-0.4, -0.2) is 34.1 Å². The molecule has 6 heteroatoms. The second kappa shape index (κ2) is 4.85. The van der Waals surface area contributed by atoms with Crippen molar-refractivity contribution in [3.05, 3.63) is 29.8 Å². The summed E-state index contributed by atoms with van der Waals surface area (Å²) in [6, 6.07) is 6.61. The molecule has 0 saturated heterocycles. The maximum Gasteiger partial charge on any atom is 0.286 e. The molecular weight excluding hydrogens is 242 g/mol. The molecule has 2 rings (SSSR count). The van der Waals surface area contributed by atoms with Crippen LogP contribution in [0.25, 0.3) is 0 Å². The number of ether oxygens (including phenoxy) is 2. The largest absolute Gasteiger partial charge is 0.474 e. The van der Waals surface area contributed by atoms with E-state index < -0.39 is 10.0 Å². The highest BCUT2D eigenvalue weighted by molar-refractivity contribution is 7.90. The minimum absolute atomic E-state index is 0.153. The molecule has 1 aromatic carbocycles. The summed E-state index contributed by atoms with van der Waals surface area (Å²) in [6.07, 6.45) is 0. The number of nitrogens with zero attached hydrogens (tertiary/aromatic N) is 1. The molecule has 1 aliphatic heterocycles. The van der Waals surface area contributed by atoms with E-state index in [1.807, 2.05) is 6.92 Å². The van der Waals surface area contributed by atoms with Crippen molar-refractivity contribution in [1.29, 1.82) is 0 Å². The summed E-state index contributed by atoms with van der Waals surface area (Å²) in [5.74, 6) is 0.153. The standard InChI is InChI=1S/C11H13NO4S/c1-2-15-7-8-16-11-9-5-3-4-6-10(9)17(13,14)12-11/h3-6H,2,7-8H2,1H3. The van der Waals surface area contributed by atoms with Gasteiger partial charge in [-0.2, -0.15) is 8.42 Å². The zero-order valence-corrected chi connectivity index (χ0v) is 10.2. The molecule has 5 nitrogen and oxygen atoms in total. The Balaban J connectivity index is 2.15. The molecule has 0 aliphatic carbocycles. The van der Waals surface area contributed by atoms with Gasteiger partial charge in [0.25, 0.3) is 10.0 Å². The summed E-state index contributed by atoms with van der Waals surface area (Å²) in [6.45, 7) is 3.19. The third-order valence-corrected chi connectivity index (χ3v) is 3.59. The summed E-state index contributed by atoms with van der Waals surface area (Å²) in [5.41, 5.74) is 0.518. The van der Waals surface area contributed by atoms with Gasteiger partial charge in [0.15, 0.2) is 0 Å². The van der Waals surface area contributed by atoms with Gasteiger partial charge >= 0.3 is 0 Å². The van der Waals surface area contributed by atoms with Crippen LogP contribution in [-0.2, 0) is 19.5 Å². The molecule has 0 atom stereocenters. The molecule has 0 N–H and O–H groups in total. The molecule has 0 spiro atoms. The van der Waals surface area contributed by atoms with Crippen molar-refractivity contribution >= 4 is 15.9 Å². The second-order valence-corrected chi connectivity index (χ2v) is 4.99. The first-order valence-electron chi connectivity index (χ1n) is 5.30. The van der Waals surface area contributed by atoms with Gasteiger partial charge in [0.1, 0.15) is 11.5 Å². The van der Waals surface area contributed by atoms with Crippen molar-refractivity contribution < 1.29 is 17.9 Å². The van der Waals surface area contributed by atoms with Crippen LogP contribution in [0.15, 0.2) is 33.6 Å². The fourth-order valence-electron chi connectivity index (χ4n) is 1.52. The van der Waals surface area contributed by atoms with Crippen LogP contribution in [0.1, 0.15) is 12.5 Å². The normalized spacial score (nSPS) is 16.4. The number of fused-ring (bicyclic) bond motifs is 1. The van der Waals surface area contributed by atoms with Crippen LogP contribution in [0.4, 0.5) is 0 Å². The van der Waals surface area contributed by atoms with Gasteiger partial charge in [-0.05, 0) is 19.1 Å². The van der Waals surface area contributed by atoms with Crippen molar-refractivity contribution in [2.75, 3.05) is 19.8 Å². The quantitative estimate of drug-likeness (QED) is 0.758. The summed E-state index contributed by atoms with van der Waals surface area (Å²) in [5, 5.41) is 0. The zero-order valence-electron chi connectivity index (χ0n) is 9.42. The van der Waals surface area contributed by atoms with E-state index in [4.69, 9.17) is 9.47 Å². The van der Waals surface area contributed by atoms with Crippen molar-refractivity contribution in [3.63, 3.8) is 0 Å². The molecule has 1 aliphatic rings. The Kier molecular flexibility index (Phi) is 3.44. The van der Waals surface area contributed by atoms with Crippen molar-refractivity contribution in [1.82, 2.24) is 0 Å². The van der Waals surface area contributed by atoms with Crippen molar-refractivity contribution in [3.8, 4) is 0 Å². The van der Waals surface area contributed by atoms with Gasteiger partial charge in [0, 0.05) is 6.61 Å². The Morgan fingerprint density at radius 3 is 2.76 bits per heavy atom. The molecule has 0 radical (unpaired) electrons. The lowest BCUT2D eigenvalue weighted by molar-refractivity contribution is 0.106. The highest BCUT2D eigenvalue weighted by Crippen LogP contribution is 2.26. The lowest BCUT2D eigenvalue weighted by Gasteiger charge is -2.05. The van der Waals surface area contributed by atoms with Crippen molar-refractivity contribution in [2.24, 2.45) is 4.40 Å². The molecule has 17 heavy (non-hydrogen) atoms. The Hall–Kier alpha value is -1.40. The topological polar surface area (TPSA) is 65.0 Å². The summed E-state index contributed by atoms with van der Waals surface area (Å²) in [7, 11) is -3.58. The van der Waals surface area contributed by atoms with Crippen LogP contribution < -0.4 is 0 Å². The van der Waals surface area contributed by atoms with Gasteiger partial charge in [-0.25, -0.2) is 0 Å². The fourth-order valence-corrected chi connectivity index (χ4v) is 2.67. The second-order valence-electron chi connectivity index (χ2n) is 3.41. The molecule has 0 saturated carbocycles. The minimum atomic E-state index is -3.58. The number of sulfonamides is 1. The molecule has 0 bridgehead atoms. The molecule has 1 aromatic rings. The lowest BCUT2D eigenvalue weighted by Crippen LogP contribution is -2.10. The van der Waals surface area contributed by atoms with Gasteiger partial charge in [0.05, 0.1) is 12.2 Å². The lowest BCUT2D eigenvalue weighted by atomic mass is 10.2. The Morgan fingerprint density at radius 1 is 1.24 bits per heavy atom. The van der Waals surface area contributed by atoms with Crippen LogP contribution in [0, 0.1) is 0 Å². The maximum absolute atomic E-state index is 11.7. The molecule has 0 amide bonds. The van der Waals surface area contributed by atoms with E-state index in [0.717, 1.165) is 0 Å². The van der Waals surface area contributed by atoms with E-state index in [2.05, 4.69) is 4.40 Å². The third-order valence-electron chi connectivity index (χ3n) is 2.27. The van der Waals surface area contributed by atoms with E-state index >= 15 is 0 Å². The molecule has 0 aromatic heterocycles. The number of hydrogen-bond donors (Lipinski definition) is 0. The van der Waals surface area contributed by atoms with Gasteiger partial charge in [0.2, 0.25) is 5.90 Å². The number of hydrogen-bond acceptors (Lipinski definition) is 4. The molecule has 1 heterocycles. The molecule has 92 valence electrons. The number of benzene rings is 1. The van der Waals surface area contributed by atoms with E-state index in [1.54, 1.807) is 18.2 Å². The van der Waals surface area contributed by atoms with Crippen LogP contribution in [0.5, 0.6) is 0 Å². The first-order chi connectivity index (χ1) is 8.15. The van der Waals surface area contributed by atoms with E-state index in [0.29, 0.717) is 18.8 Å². The highest BCUT2D eigenvalue weighted by atomic mass is 32.2. The SMILES string of the molecule is CCOCCOC1=NS(=O)(=O)c2ccccc21. The molecule has 0 fully saturated rings. The Labute approximate surface area is 100 Å². The maximum atomic E-state index is 11.7. The van der Waals surface area contributed by atoms with Crippen LogP contribution >= 0.6 is 0 Å². The van der Waals surface area contributed by atoms with Crippen molar-refractivity contribution in [2.45, 2.75) is 11.8 Å². The minimum Gasteiger partial charge on any atom is -0.474 e. The average Bonchev–Trinajstić information content (AvgIpc) is 2.58. The summed E-state index contributed by atoms with van der Waals surface area (Å²) in [4.78, 5) is 0.200. The van der Waals surface area contributed by atoms with Gasteiger partial charge in [-0.1, -0.05) is 12.1 Å². The number of rotatable bonds is 4. The first kappa shape index (κ1) is 12.1. The summed E-state index contributed by atoms with van der Waals surface area (Å²) < 4.78 is 37.3. The zero-order chi connectivity index (χ0) is 12.3. The fraction of sp³-hybridized carbons (Fsp3) is 0.364. The van der Waals surface area contributed by atoms with Gasteiger partial charge in [-0.15, -0.1) is 4.40 Å². The van der Waals surface area contributed by atoms with E-state index in [9.17, 15) is 8.42 Å². The molecular formula is C11H13NO4S. The monoisotopic (exact) mass is 255 g/mol. The predicted molar refractivity (Wildman–Crippen MR) is 62.6 cm³/mol. The van der Waals surface area contributed by atoms with Crippen LogP contribution in [0.2, 0.25) is 0 Å². The summed E-state index contributed by atoms with van der Waals surface area (Å²) >= 11 is 0. The molecule has 0 unspecified atom stereocenters. The van der Waals surface area contributed by atoms with Gasteiger partial charge in [-0.3, -0.25) is 0 Å². The smallest absolute Gasteiger partial charge is 0.286 e. The first-order valence-corrected chi connectivity index (χ1v) is 6.74. The average molecular weight is 255 g/mol. The Bertz CT molecular complexity index is 536. The third kappa shape index (κ3) is 2.48. The Morgan fingerprint density at radius 2 is 2.00 bits per heavy atom. The van der Waals surface area contributed by atoms with Gasteiger partial charge < -0.3 is 9.47 Å². The van der Waals surface area contributed by atoms with Crippen LogP contribution in [0.3, 0.4) is 0 Å². The highest BCUT2D eigenvalue weighted by Gasteiger charge is 2.29.